The quantitative estimate of drug-likeness (QED) is 0.930. The molecule has 25 heavy (non-hydrogen) atoms. The van der Waals surface area contributed by atoms with Gasteiger partial charge >= 0.3 is 0 Å². The second-order valence-corrected chi connectivity index (χ2v) is 7.05. The molecule has 0 radical (unpaired) electrons. The average Bonchev–Trinajstić information content (AvgIpc) is 3.36. The standard InChI is InChI=1S/C19H25N5O/c25-19(14-23-8-3-4-9-23)24-10-2-1-5-18(24)15-6-7-17(20-11-15)16-12-21-22-13-16/h6-7,11-13,18H,1-5,8-10,14H2,(H,21,22). The number of nitrogens with one attached hydrogen (secondary N) is 1. The third-order valence-electron chi connectivity index (χ3n) is 5.35. The Morgan fingerprint density at radius 2 is 1.96 bits per heavy atom. The van der Waals surface area contributed by atoms with Crippen molar-refractivity contribution in [1.82, 2.24) is 25.0 Å². The number of amides is 1. The third-order valence-corrected chi connectivity index (χ3v) is 5.35. The molecule has 2 fully saturated rings. The second-order valence-electron chi connectivity index (χ2n) is 7.05. The van der Waals surface area contributed by atoms with Crippen LogP contribution in [0.1, 0.15) is 43.7 Å². The maximum absolute atomic E-state index is 12.8. The van der Waals surface area contributed by atoms with Crippen molar-refractivity contribution in [3.63, 3.8) is 0 Å². The van der Waals surface area contributed by atoms with Gasteiger partial charge in [0.2, 0.25) is 5.91 Å². The Morgan fingerprint density at radius 1 is 1.12 bits per heavy atom. The molecular formula is C19H25N5O. The fourth-order valence-corrected chi connectivity index (χ4v) is 3.96. The highest BCUT2D eigenvalue weighted by Gasteiger charge is 2.29. The number of carbonyl (C=O) groups is 1. The molecular weight excluding hydrogens is 314 g/mol. The zero-order valence-corrected chi connectivity index (χ0v) is 14.5. The van der Waals surface area contributed by atoms with Gasteiger partial charge in [-0.1, -0.05) is 6.07 Å². The van der Waals surface area contributed by atoms with Crippen LogP contribution in [0.25, 0.3) is 11.3 Å². The van der Waals surface area contributed by atoms with E-state index in [1.807, 2.05) is 18.5 Å². The molecule has 1 amide bonds. The van der Waals surface area contributed by atoms with E-state index < -0.39 is 0 Å². The number of pyridine rings is 1. The molecule has 0 bridgehead atoms. The molecule has 6 heteroatoms. The molecule has 0 aliphatic carbocycles. The van der Waals surface area contributed by atoms with Gasteiger partial charge in [0, 0.05) is 24.5 Å². The molecule has 0 spiro atoms. The van der Waals surface area contributed by atoms with Crippen molar-refractivity contribution in [2.75, 3.05) is 26.2 Å². The number of aromatic nitrogens is 3. The number of likely N-dealkylation sites (tertiary alicyclic amines) is 2. The van der Waals surface area contributed by atoms with Crippen molar-refractivity contribution in [2.45, 2.75) is 38.1 Å². The zero-order valence-electron chi connectivity index (χ0n) is 14.5. The number of hydrogen-bond acceptors (Lipinski definition) is 4. The van der Waals surface area contributed by atoms with Gasteiger partial charge in [0.15, 0.2) is 0 Å². The van der Waals surface area contributed by atoms with Crippen LogP contribution in [0.15, 0.2) is 30.7 Å². The minimum atomic E-state index is 0.162. The SMILES string of the molecule is O=C(CN1CCCC1)N1CCCCC1c1ccc(-c2cn[nH]c2)nc1. The summed E-state index contributed by atoms with van der Waals surface area (Å²) in [4.78, 5) is 21.8. The van der Waals surface area contributed by atoms with E-state index in [1.54, 1.807) is 6.20 Å². The van der Waals surface area contributed by atoms with Crippen molar-refractivity contribution < 1.29 is 4.79 Å². The Kier molecular flexibility index (Phi) is 4.78. The number of aromatic amines is 1. The summed E-state index contributed by atoms with van der Waals surface area (Å²) < 4.78 is 0. The summed E-state index contributed by atoms with van der Waals surface area (Å²) in [5, 5.41) is 6.79. The molecule has 4 heterocycles. The topological polar surface area (TPSA) is 65.1 Å². The van der Waals surface area contributed by atoms with Gasteiger partial charge in [0.05, 0.1) is 24.5 Å². The minimum absolute atomic E-state index is 0.162. The number of H-pyrrole nitrogens is 1. The molecule has 2 aliphatic rings. The maximum Gasteiger partial charge on any atom is 0.237 e. The summed E-state index contributed by atoms with van der Waals surface area (Å²) in [6, 6.07) is 4.30. The molecule has 4 rings (SSSR count). The number of carbonyl (C=O) groups excluding carboxylic acids is 1. The molecule has 1 unspecified atom stereocenters. The van der Waals surface area contributed by atoms with Gasteiger partial charge < -0.3 is 4.90 Å². The van der Waals surface area contributed by atoms with E-state index >= 15 is 0 Å². The molecule has 2 aromatic heterocycles. The molecule has 1 N–H and O–H groups in total. The molecule has 0 saturated carbocycles. The normalized spacial score (nSPS) is 21.6. The van der Waals surface area contributed by atoms with E-state index in [0.717, 1.165) is 49.3 Å². The zero-order chi connectivity index (χ0) is 17.1. The van der Waals surface area contributed by atoms with Gasteiger partial charge in [-0.2, -0.15) is 5.10 Å². The number of nitrogens with zero attached hydrogens (tertiary/aromatic N) is 4. The van der Waals surface area contributed by atoms with Gasteiger partial charge in [-0.25, -0.2) is 0 Å². The Bertz CT molecular complexity index is 691. The van der Waals surface area contributed by atoms with Crippen molar-refractivity contribution in [2.24, 2.45) is 0 Å². The van der Waals surface area contributed by atoms with Crippen molar-refractivity contribution in [3.8, 4) is 11.3 Å². The first-order chi connectivity index (χ1) is 12.3. The fraction of sp³-hybridized carbons (Fsp3) is 0.526. The molecule has 2 saturated heterocycles. The molecule has 132 valence electrons. The summed E-state index contributed by atoms with van der Waals surface area (Å²) in [6.45, 7) is 3.55. The van der Waals surface area contributed by atoms with Crippen LogP contribution in [0.4, 0.5) is 0 Å². The van der Waals surface area contributed by atoms with Crippen LogP contribution in [0.2, 0.25) is 0 Å². The van der Waals surface area contributed by atoms with Gasteiger partial charge in [-0.05, 0) is 56.8 Å². The third kappa shape index (κ3) is 3.58. The highest BCUT2D eigenvalue weighted by molar-refractivity contribution is 5.79. The highest BCUT2D eigenvalue weighted by atomic mass is 16.2. The Labute approximate surface area is 148 Å². The molecule has 6 nitrogen and oxygen atoms in total. The lowest BCUT2D eigenvalue weighted by Crippen LogP contribution is -2.43. The smallest absolute Gasteiger partial charge is 0.237 e. The summed E-state index contributed by atoms with van der Waals surface area (Å²) in [6.07, 6.45) is 11.3. The van der Waals surface area contributed by atoms with E-state index in [9.17, 15) is 4.79 Å². The van der Waals surface area contributed by atoms with Gasteiger partial charge in [0.25, 0.3) is 0 Å². The van der Waals surface area contributed by atoms with Crippen LogP contribution >= 0.6 is 0 Å². The van der Waals surface area contributed by atoms with E-state index in [0.29, 0.717) is 6.54 Å². The molecule has 1 atom stereocenters. The average molecular weight is 339 g/mol. The number of hydrogen-bond donors (Lipinski definition) is 1. The van der Waals surface area contributed by atoms with Crippen LogP contribution in [0.3, 0.4) is 0 Å². The Hall–Kier alpha value is -2.21. The minimum Gasteiger partial charge on any atom is -0.334 e. The van der Waals surface area contributed by atoms with E-state index in [-0.39, 0.29) is 11.9 Å². The van der Waals surface area contributed by atoms with Crippen LogP contribution in [-0.2, 0) is 4.79 Å². The lowest BCUT2D eigenvalue weighted by molar-refractivity contribution is -0.136. The van der Waals surface area contributed by atoms with Crippen LogP contribution < -0.4 is 0 Å². The van der Waals surface area contributed by atoms with E-state index in [4.69, 9.17) is 0 Å². The first-order valence-electron chi connectivity index (χ1n) is 9.28. The fourth-order valence-electron chi connectivity index (χ4n) is 3.96. The van der Waals surface area contributed by atoms with E-state index in [2.05, 4.69) is 31.0 Å². The maximum atomic E-state index is 12.8. The monoisotopic (exact) mass is 339 g/mol. The van der Waals surface area contributed by atoms with Crippen molar-refractivity contribution in [1.29, 1.82) is 0 Å². The largest absolute Gasteiger partial charge is 0.334 e. The Morgan fingerprint density at radius 3 is 2.68 bits per heavy atom. The molecule has 2 aromatic rings. The lowest BCUT2D eigenvalue weighted by Gasteiger charge is -2.37. The van der Waals surface area contributed by atoms with Crippen LogP contribution in [0.5, 0.6) is 0 Å². The predicted molar refractivity (Wildman–Crippen MR) is 95.8 cm³/mol. The molecule has 2 aliphatic heterocycles. The van der Waals surface area contributed by atoms with Crippen molar-refractivity contribution >= 4 is 5.91 Å². The Balaban J connectivity index is 1.49. The first kappa shape index (κ1) is 16.3. The summed E-state index contributed by atoms with van der Waals surface area (Å²) in [5.74, 6) is 0.269. The summed E-state index contributed by atoms with van der Waals surface area (Å²) >= 11 is 0. The predicted octanol–water partition coefficient (Wildman–Crippen LogP) is 2.62. The number of rotatable bonds is 4. The van der Waals surface area contributed by atoms with Gasteiger partial charge in [0.1, 0.15) is 0 Å². The van der Waals surface area contributed by atoms with Gasteiger partial charge in [-0.3, -0.25) is 19.8 Å². The van der Waals surface area contributed by atoms with Crippen LogP contribution in [0, 0.1) is 0 Å². The van der Waals surface area contributed by atoms with E-state index in [1.165, 1.54) is 19.3 Å². The first-order valence-corrected chi connectivity index (χ1v) is 9.28. The number of piperidine rings is 1. The molecule has 0 aromatic carbocycles. The second kappa shape index (κ2) is 7.35. The van der Waals surface area contributed by atoms with Crippen LogP contribution in [-0.4, -0.2) is 57.1 Å². The summed E-state index contributed by atoms with van der Waals surface area (Å²) in [7, 11) is 0. The van der Waals surface area contributed by atoms with Crippen molar-refractivity contribution in [3.05, 3.63) is 36.3 Å². The lowest BCUT2D eigenvalue weighted by atomic mass is 9.96. The van der Waals surface area contributed by atoms with Gasteiger partial charge in [-0.15, -0.1) is 0 Å². The summed E-state index contributed by atoms with van der Waals surface area (Å²) in [5.41, 5.74) is 3.03. The highest BCUT2D eigenvalue weighted by Crippen LogP contribution is 2.31.